The average Bonchev–Trinajstić information content (AvgIpc) is 3.12. The van der Waals surface area contributed by atoms with Crippen LogP contribution in [0.4, 0.5) is 0 Å². The summed E-state index contributed by atoms with van der Waals surface area (Å²) in [4.78, 5) is 7.18. The number of thiazole rings is 1. The lowest BCUT2D eigenvalue weighted by molar-refractivity contribution is 0.0440. The van der Waals surface area contributed by atoms with Crippen molar-refractivity contribution < 1.29 is 5.11 Å². The molecular weight excluding hydrogens is 292 g/mol. The van der Waals surface area contributed by atoms with Gasteiger partial charge in [-0.05, 0) is 43.9 Å². The van der Waals surface area contributed by atoms with E-state index in [1.54, 1.807) is 11.3 Å². The van der Waals surface area contributed by atoms with Crippen molar-refractivity contribution >= 4 is 11.3 Å². The molecule has 4 heteroatoms. The number of likely N-dealkylation sites (tertiary alicyclic amines) is 1. The van der Waals surface area contributed by atoms with E-state index in [9.17, 15) is 5.11 Å². The number of aliphatic hydroxyl groups excluding tert-OH is 1. The number of piperidine rings is 1. The minimum Gasteiger partial charge on any atom is -0.387 e. The molecule has 22 heavy (non-hydrogen) atoms. The summed E-state index contributed by atoms with van der Waals surface area (Å²) >= 11 is 1.79. The summed E-state index contributed by atoms with van der Waals surface area (Å²) < 4.78 is 0. The van der Waals surface area contributed by atoms with Gasteiger partial charge in [-0.1, -0.05) is 24.3 Å². The Balaban J connectivity index is 1.52. The van der Waals surface area contributed by atoms with Crippen LogP contribution in [0.3, 0.4) is 0 Å². The van der Waals surface area contributed by atoms with Gasteiger partial charge in [0.2, 0.25) is 0 Å². The first-order valence-electron chi connectivity index (χ1n) is 8.14. The van der Waals surface area contributed by atoms with Gasteiger partial charge in [0.25, 0.3) is 0 Å². The monoisotopic (exact) mass is 314 g/mol. The van der Waals surface area contributed by atoms with Gasteiger partial charge in [0.1, 0.15) is 0 Å². The van der Waals surface area contributed by atoms with Crippen LogP contribution in [0.5, 0.6) is 0 Å². The summed E-state index contributed by atoms with van der Waals surface area (Å²) in [6.07, 6.45) is 3.05. The molecule has 0 saturated carbocycles. The fourth-order valence-electron chi connectivity index (χ4n) is 3.95. The van der Waals surface area contributed by atoms with Gasteiger partial charge in [0.05, 0.1) is 11.1 Å². The Morgan fingerprint density at radius 2 is 2.18 bits per heavy atom. The molecule has 0 spiro atoms. The van der Waals surface area contributed by atoms with Crippen molar-refractivity contribution in [3.63, 3.8) is 0 Å². The molecule has 2 heterocycles. The van der Waals surface area contributed by atoms with Gasteiger partial charge < -0.3 is 5.11 Å². The second kappa shape index (κ2) is 5.76. The van der Waals surface area contributed by atoms with Crippen LogP contribution in [-0.2, 0) is 6.42 Å². The van der Waals surface area contributed by atoms with E-state index < -0.39 is 0 Å². The van der Waals surface area contributed by atoms with E-state index in [0.29, 0.717) is 5.92 Å². The summed E-state index contributed by atoms with van der Waals surface area (Å²) in [6.45, 7) is 4.19. The number of aryl methyl sites for hydroxylation is 1. The van der Waals surface area contributed by atoms with E-state index in [1.165, 1.54) is 23.4 Å². The molecule has 3 unspecified atom stereocenters. The largest absolute Gasteiger partial charge is 0.387 e. The van der Waals surface area contributed by atoms with Crippen LogP contribution in [0.15, 0.2) is 29.6 Å². The summed E-state index contributed by atoms with van der Waals surface area (Å²) in [5, 5.41) is 14.1. The third kappa shape index (κ3) is 2.49. The van der Waals surface area contributed by atoms with Gasteiger partial charge in [-0.3, -0.25) is 4.90 Å². The lowest BCUT2D eigenvalue weighted by atomic mass is 9.96. The zero-order chi connectivity index (χ0) is 15.1. The Morgan fingerprint density at radius 1 is 1.32 bits per heavy atom. The van der Waals surface area contributed by atoms with Gasteiger partial charge in [-0.25, -0.2) is 4.98 Å². The number of hydrogen-bond donors (Lipinski definition) is 1. The summed E-state index contributed by atoms with van der Waals surface area (Å²) in [6, 6.07) is 8.57. The number of nitrogens with zero attached hydrogens (tertiary/aromatic N) is 2. The quantitative estimate of drug-likeness (QED) is 0.924. The molecule has 2 aromatic rings. The van der Waals surface area contributed by atoms with E-state index in [4.69, 9.17) is 0 Å². The number of benzene rings is 1. The van der Waals surface area contributed by atoms with Crippen molar-refractivity contribution in [2.75, 3.05) is 13.1 Å². The number of aromatic nitrogens is 1. The Hall–Kier alpha value is -1.23. The Kier molecular flexibility index (Phi) is 3.76. The summed E-state index contributed by atoms with van der Waals surface area (Å²) in [5.41, 5.74) is 3.57. The minimum absolute atomic E-state index is 0.237. The first-order chi connectivity index (χ1) is 10.7. The smallest absolute Gasteiger partial charge is 0.0971 e. The maximum absolute atomic E-state index is 10.7. The Labute approximate surface area is 135 Å². The highest BCUT2D eigenvalue weighted by atomic mass is 32.1. The molecule has 2 aliphatic rings. The molecule has 1 aromatic carbocycles. The van der Waals surface area contributed by atoms with Crippen molar-refractivity contribution in [2.45, 2.75) is 44.2 Å². The highest BCUT2D eigenvalue weighted by Crippen LogP contribution is 2.38. The van der Waals surface area contributed by atoms with E-state index in [-0.39, 0.29) is 12.1 Å². The second-order valence-electron chi connectivity index (χ2n) is 6.58. The molecule has 1 aliphatic carbocycles. The molecule has 3 atom stereocenters. The lowest BCUT2D eigenvalue weighted by Crippen LogP contribution is -2.44. The number of rotatable bonds is 2. The van der Waals surface area contributed by atoms with Crippen LogP contribution in [0.25, 0.3) is 0 Å². The third-order valence-electron chi connectivity index (χ3n) is 5.08. The summed E-state index contributed by atoms with van der Waals surface area (Å²) in [5.74, 6) is 0.531. The number of fused-ring (bicyclic) bond motifs is 1. The normalized spacial score (nSPS) is 28.7. The van der Waals surface area contributed by atoms with Crippen LogP contribution >= 0.6 is 11.3 Å². The standard InChI is InChI=1S/C18H22N2OS/c1-12-11-22-18(19-12)14-6-4-8-20(10-14)16-9-13-5-2-3-7-15(13)17(16)21/h2-3,5,7,11,14,16-17,21H,4,6,8-10H2,1H3. The van der Waals surface area contributed by atoms with Crippen molar-refractivity contribution in [2.24, 2.45) is 0 Å². The van der Waals surface area contributed by atoms with E-state index >= 15 is 0 Å². The predicted octanol–water partition coefficient (Wildman–Crippen LogP) is 3.29. The topological polar surface area (TPSA) is 36.4 Å². The second-order valence-corrected chi connectivity index (χ2v) is 7.47. The molecule has 0 amide bonds. The first kappa shape index (κ1) is 14.4. The molecule has 1 aromatic heterocycles. The molecule has 4 rings (SSSR count). The van der Waals surface area contributed by atoms with Crippen LogP contribution in [0, 0.1) is 6.92 Å². The molecule has 0 radical (unpaired) electrons. The molecule has 1 saturated heterocycles. The fourth-order valence-corrected chi connectivity index (χ4v) is 4.88. The average molecular weight is 314 g/mol. The first-order valence-corrected chi connectivity index (χ1v) is 9.02. The van der Waals surface area contributed by atoms with Gasteiger partial charge in [0, 0.05) is 29.6 Å². The van der Waals surface area contributed by atoms with Crippen LogP contribution in [0.2, 0.25) is 0 Å². The maximum Gasteiger partial charge on any atom is 0.0971 e. The fraction of sp³-hybridized carbons (Fsp3) is 0.500. The van der Waals surface area contributed by atoms with Gasteiger partial charge >= 0.3 is 0 Å². The molecule has 1 aliphatic heterocycles. The Morgan fingerprint density at radius 3 is 2.95 bits per heavy atom. The van der Waals surface area contributed by atoms with Crippen LogP contribution < -0.4 is 0 Å². The van der Waals surface area contributed by atoms with Crippen molar-refractivity contribution in [1.82, 2.24) is 9.88 Å². The molecule has 116 valence electrons. The number of hydrogen-bond acceptors (Lipinski definition) is 4. The SMILES string of the molecule is Cc1csc(C2CCCN(C3Cc4ccccc4C3O)C2)n1. The molecule has 1 fully saturated rings. The van der Waals surface area contributed by atoms with Crippen LogP contribution in [-0.4, -0.2) is 34.1 Å². The summed E-state index contributed by atoms with van der Waals surface area (Å²) in [7, 11) is 0. The van der Waals surface area contributed by atoms with Gasteiger partial charge in [-0.15, -0.1) is 11.3 Å². The zero-order valence-electron chi connectivity index (χ0n) is 12.9. The Bertz CT molecular complexity index is 669. The number of aliphatic hydroxyl groups is 1. The van der Waals surface area contributed by atoms with Crippen molar-refractivity contribution in [3.8, 4) is 0 Å². The van der Waals surface area contributed by atoms with Crippen LogP contribution in [0.1, 0.15) is 46.7 Å². The molecule has 0 bridgehead atoms. The maximum atomic E-state index is 10.7. The van der Waals surface area contributed by atoms with E-state index in [2.05, 4.69) is 40.4 Å². The highest BCUT2D eigenvalue weighted by Gasteiger charge is 2.37. The molecule has 1 N–H and O–H groups in total. The van der Waals surface area contributed by atoms with E-state index in [0.717, 1.165) is 30.8 Å². The third-order valence-corrected chi connectivity index (χ3v) is 6.20. The predicted molar refractivity (Wildman–Crippen MR) is 89.3 cm³/mol. The van der Waals surface area contributed by atoms with Crippen molar-refractivity contribution in [1.29, 1.82) is 0 Å². The lowest BCUT2D eigenvalue weighted by Gasteiger charge is -2.37. The van der Waals surface area contributed by atoms with Gasteiger partial charge in [-0.2, -0.15) is 0 Å². The highest BCUT2D eigenvalue weighted by molar-refractivity contribution is 7.09. The van der Waals surface area contributed by atoms with Crippen molar-refractivity contribution in [3.05, 3.63) is 51.5 Å². The molecule has 3 nitrogen and oxygen atoms in total. The van der Waals surface area contributed by atoms with Gasteiger partial charge in [0.15, 0.2) is 0 Å². The minimum atomic E-state index is -0.340. The zero-order valence-corrected chi connectivity index (χ0v) is 13.7. The molecular formula is C18H22N2OS. The van der Waals surface area contributed by atoms with E-state index in [1.807, 2.05) is 6.07 Å².